The topological polar surface area (TPSA) is 70.8 Å². The van der Waals surface area contributed by atoms with E-state index in [0.717, 1.165) is 43.8 Å². The second-order valence-corrected chi connectivity index (χ2v) is 8.83. The van der Waals surface area contributed by atoms with E-state index in [1.807, 2.05) is 18.5 Å². The molecular formula is C24H38IN7O. The van der Waals surface area contributed by atoms with Crippen LogP contribution in [0.15, 0.2) is 29.3 Å². The first-order chi connectivity index (χ1) is 15.6. The van der Waals surface area contributed by atoms with Gasteiger partial charge in [0.05, 0.1) is 13.2 Å². The highest BCUT2D eigenvalue weighted by Crippen LogP contribution is 2.25. The number of halogens is 1. The van der Waals surface area contributed by atoms with Crippen LogP contribution >= 0.6 is 24.0 Å². The first kappa shape index (κ1) is 25.9. The van der Waals surface area contributed by atoms with Gasteiger partial charge in [-0.3, -0.25) is 4.90 Å². The maximum Gasteiger partial charge on any atom is 0.194 e. The number of aromatic nitrogens is 3. The monoisotopic (exact) mass is 567 g/mol. The average molecular weight is 568 g/mol. The molecular weight excluding hydrogens is 529 g/mol. The Bertz CT molecular complexity index is 931. The van der Waals surface area contributed by atoms with Gasteiger partial charge in [0.25, 0.3) is 0 Å². The van der Waals surface area contributed by atoms with E-state index in [-0.39, 0.29) is 30.1 Å². The van der Waals surface area contributed by atoms with E-state index < -0.39 is 0 Å². The molecule has 1 N–H and O–H groups in total. The Morgan fingerprint density at radius 1 is 1.21 bits per heavy atom. The molecule has 2 saturated heterocycles. The number of rotatable bonds is 6. The first-order valence-corrected chi connectivity index (χ1v) is 11.9. The van der Waals surface area contributed by atoms with Crippen LogP contribution in [-0.2, 0) is 18.3 Å². The molecule has 0 saturated carbocycles. The summed E-state index contributed by atoms with van der Waals surface area (Å²) < 4.78 is 8.17. The number of likely N-dealkylation sites (tertiary alicyclic amines) is 1. The van der Waals surface area contributed by atoms with Gasteiger partial charge < -0.3 is 19.5 Å². The van der Waals surface area contributed by atoms with Crippen LogP contribution in [0.1, 0.15) is 48.6 Å². The van der Waals surface area contributed by atoms with E-state index in [1.54, 1.807) is 0 Å². The van der Waals surface area contributed by atoms with Gasteiger partial charge in [-0.25, -0.2) is 4.99 Å². The van der Waals surface area contributed by atoms with E-state index in [4.69, 9.17) is 9.73 Å². The van der Waals surface area contributed by atoms with Crippen LogP contribution in [0.3, 0.4) is 0 Å². The summed E-state index contributed by atoms with van der Waals surface area (Å²) in [5.74, 6) is 2.72. The van der Waals surface area contributed by atoms with Crippen LogP contribution in [0.25, 0.3) is 0 Å². The fraction of sp³-hybridized carbons (Fsp3) is 0.625. The molecule has 0 aliphatic carbocycles. The number of likely N-dealkylation sites (N-methyl/N-ethyl adjacent to an activating group) is 1. The van der Waals surface area contributed by atoms with E-state index in [1.165, 1.54) is 30.5 Å². The largest absolute Gasteiger partial charge is 0.370 e. The minimum atomic E-state index is 0. The van der Waals surface area contributed by atoms with Gasteiger partial charge in [-0.1, -0.05) is 31.2 Å². The quantitative estimate of drug-likeness (QED) is 0.329. The molecule has 0 radical (unpaired) electrons. The minimum absolute atomic E-state index is 0. The molecule has 1 aromatic heterocycles. The summed E-state index contributed by atoms with van der Waals surface area (Å²) in [7, 11) is 1.99. The lowest BCUT2D eigenvalue weighted by molar-refractivity contribution is -0.00845. The number of nitrogens with zero attached hydrogens (tertiary/aromatic N) is 6. The second kappa shape index (κ2) is 12.1. The van der Waals surface area contributed by atoms with Crippen molar-refractivity contribution in [2.75, 3.05) is 39.3 Å². The summed E-state index contributed by atoms with van der Waals surface area (Å²) in [4.78, 5) is 9.89. The van der Waals surface area contributed by atoms with E-state index in [2.05, 4.69) is 63.4 Å². The van der Waals surface area contributed by atoms with Crippen molar-refractivity contribution in [3.63, 3.8) is 0 Å². The molecule has 8 nitrogen and oxygen atoms in total. The van der Waals surface area contributed by atoms with Crippen LogP contribution < -0.4 is 5.32 Å². The molecule has 2 fully saturated rings. The fourth-order valence-electron chi connectivity index (χ4n) is 4.73. The molecule has 0 spiro atoms. The van der Waals surface area contributed by atoms with Gasteiger partial charge in [-0.05, 0) is 50.9 Å². The number of aliphatic imine (C=N–C) groups is 1. The Morgan fingerprint density at radius 2 is 2.03 bits per heavy atom. The predicted molar refractivity (Wildman–Crippen MR) is 142 cm³/mol. The lowest BCUT2D eigenvalue weighted by Gasteiger charge is -2.36. The smallest absolute Gasteiger partial charge is 0.194 e. The van der Waals surface area contributed by atoms with Crippen molar-refractivity contribution in [1.82, 2.24) is 29.9 Å². The Morgan fingerprint density at radius 3 is 2.76 bits per heavy atom. The molecule has 3 heterocycles. The summed E-state index contributed by atoms with van der Waals surface area (Å²) >= 11 is 0. The molecule has 0 bridgehead atoms. The molecule has 0 amide bonds. The Kier molecular flexibility index (Phi) is 9.51. The highest BCUT2D eigenvalue weighted by Gasteiger charge is 2.27. The minimum Gasteiger partial charge on any atom is -0.370 e. The maximum atomic E-state index is 6.16. The summed E-state index contributed by atoms with van der Waals surface area (Å²) in [5.41, 5.74) is 2.53. The van der Waals surface area contributed by atoms with Crippen molar-refractivity contribution in [1.29, 1.82) is 0 Å². The molecule has 2 unspecified atom stereocenters. The number of aryl methyl sites for hydroxylation is 2. The van der Waals surface area contributed by atoms with Crippen molar-refractivity contribution in [2.24, 2.45) is 12.0 Å². The molecule has 2 aromatic rings. The third kappa shape index (κ3) is 6.24. The number of ether oxygens (including phenoxy) is 1. The number of hydrogen-bond donors (Lipinski definition) is 1. The number of morpholine rings is 1. The average Bonchev–Trinajstić information content (AvgIpc) is 3.40. The van der Waals surface area contributed by atoms with Gasteiger partial charge in [0.2, 0.25) is 0 Å². The maximum absolute atomic E-state index is 6.16. The SMILES string of the molecule is CCN1CCCC1CNC(=NCc1nnc(C)n1C)N1CCOC(c2ccccc2C)C1.I. The van der Waals surface area contributed by atoms with Crippen molar-refractivity contribution in [3.05, 3.63) is 47.0 Å². The molecule has 182 valence electrons. The van der Waals surface area contributed by atoms with Gasteiger partial charge >= 0.3 is 0 Å². The zero-order chi connectivity index (χ0) is 22.5. The highest BCUT2D eigenvalue weighted by molar-refractivity contribution is 14.0. The summed E-state index contributed by atoms with van der Waals surface area (Å²) in [6.45, 7) is 12.4. The van der Waals surface area contributed by atoms with Crippen molar-refractivity contribution < 1.29 is 4.74 Å². The molecule has 2 aliphatic heterocycles. The van der Waals surface area contributed by atoms with Gasteiger partial charge in [0, 0.05) is 26.2 Å². The van der Waals surface area contributed by atoms with Crippen LogP contribution in [0.4, 0.5) is 0 Å². The van der Waals surface area contributed by atoms with Gasteiger partial charge in [-0.15, -0.1) is 34.2 Å². The van der Waals surface area contributed by atoms with Crippen molar-refractivity contribution >= 4 is 29.9 Å². The van der Waals surface area contributed by atoms with Crippen LogP contribution in [0.5, 0.6) is 0 Å². The third-order valence-corrected chi connectivity index (χ3v) is 6.86. The lowest BCUT2D eigenvalue weighted by atomic mass is 10.0. The second-order valence-electron chi connectivity index (χ2n) is 8.83. The zero-order valence-electron chi connectivity index (χ0n) is 20.3. The molecule has 2 atom stereocenters. The lowest BCUT2D eigenvalue weighted by Crippen LogP contribution is -2.51. The summed E-state index contributed by atoms with van der Waals surface area (Å²) in [6.07, 6.45) is 2.57. The van der Waals surface area contributed by atoms with Gasteiger partial charge in [-0.2, -0.15) is 0 Å². The highest BCUT2D eigenvalue weighted by atomic mass is 127. The number of guanidine groups is 1. The molecule has 9 heteroatoms. The third-order valence-electron chi connectivity index (χ3n) is 6.86. The molecule has 1 aromatic carbocycles. The van der Waals surface area contributed by atoms with Crippen LogP contribution in [0.2, 0.25) is 0 Å². The summed E-state index contributed by atoms with van der Waals surface area (Å²) in [6, 6.07) is 9.07. The molecule has 4 rings (SSSR count). The Balaban J connectivity index is 0.00000306. The first-order valence-electron chi connectivity index (χ1n) is 11.9. The fourth-order valence-corrected chi connectivity index (χ4v) is 4.73. The normalized spacial score (nSPS) is 21.8. The molecule has 2 aliphatic rings. The number of benzene rings is 1. The zero-order valence-corrected chi connectivity index (χ0v) is 22.7. The van der Waals surface area contributed by atoms with Crippen LogP contribution in [-0.4, -0.2) is 75.9 Å². The van der Waals surface area contributed by atoms with E-state index >= 15 is 0 Å². The van der Waals surface area contributed by atoms with E-state index in [0.29, 0.717) is 19.2 Å². The van der Waals surface area contributed by atoms with Crippen molar-refractivity contribution in [3.8, 4) is 0 Å². The Labute approximate surface area is 214 Å². The molecule has 33 heavy (non-hydrogen) atoms. The van der Waals surface area contributed by atoms with Crippen molar-refractivity contribution in [2.45, 2.75) is 52.3 Å². The Hall–Kier alpha value is -1.72. The van der Waals surface area contributed by atoms with E-state index in [9.17, 15) is 0 Å². The van der Waals surface area contributed by atoms with Gasteiger partial charge in [0.15, 0.2) is 11.8 Å². The predicted octanol–water partition coefficient (Wildman–Crippen LogP) is 3.05. The van der Waals surface area contributed by atoms with Gasteiger partial charge in [0.1, 0.15) is 18.5 Å². The van der Waals surface area contributed by atoms with Crippen LogP contribution in [0, 0.1) is 13.8 Å². The number of hydrogen-bond acceptors (Lipinski definition) is 5. The number of nitrogens with one attached hydrogen (secondary N) is 1. The standard InChI is InChI=1S/C24H37N7O.HI/c1-5-30-12-8-10-20(30)15-25-24(26-16-23-28-27-19(3)29(23)4)31-13-14-32-22(17-31)21-11-7-6-9-18(21)2;/h6-7,9,11,20,22H,5,8,10,12-17H2,1-4H3,(H,25,26);1H. The summed E-state index contributed by atoms with van der Waals surface area (Å²) in [5, 5.41) is 12.2.